The average Bonchev–Trinajstić information content (AvgIpc) is 3.50. The smallest absolute Gasteiger partial charge is 0.290 e. The van der Waals surface area contributed by atoms with E-state index >= 15 is 0 Å². The number of thiophene rings is 1. The van der Waals surface area contributed by atoms with E-state index in [2.05, 4.69) is 5.32 Å². The van der Waals surface area contributed by atoms with Crippen LogP contribution < -0.4 is 5.32 Å². The summed E-state index contributed by atoms with van der Waals surface area (Å²) in [5, 5.41) is 4.51. The van der Waals surface area contributed by atoms with E-state index in [-0.39, 0.29) is 17.9 Å². The summed E-state index contributed by atoms with van der Waals surface area (Å²) in [7, 11) is 0. The SMILES string of the molecule is O=C(Nc1ccc(F)cc1)[C@@H](c1ccccc1F)N(Cc1cccs1)C(=O)c1ccco1. The van der Waals surface area contributed by atoms with Crippen LogP contribution in [0.3, 0.4) is 0 Å². The maximum absolute atomic E-state index is 14.8. The largest absolute Gasteiger partial charge is 0.459 e. The summed E-state index contributed by atoms with van der Waals surface area (Å²) in [6.07, 6.45) is 1.35. The van der Waals surface area contributed by atoms with Crippen LogP contribution in [0.1, 0.15) is 27.0 Å². The lowest BCUT2D eigenvalue weighted by Gasteiger charge is -2.30. The number of hydrogen-bond donors (Lipinski definition) is 1. The number of halogens is 2. The van der Waals surface area contributed by atoms with Crippen LogP contribution in [-0.4, -0.2) is 16.7 Å². The Morgan fingerprint density at radius 3 is 2.41 bits per heavy atom. The fourth-order valence-corrected chi connectivity index (χ4v) is 3.99. The second-order valence-corrected chi connectivity index (χ2v) is 7.94. The van der Waals surface area contributed by atoms with Crippen molar-refractivity contribution in [1.29, 1.82) is 0 Å². The Labute approximate surface area is 186 Å². The molecule has 0 saturated heterocycles. The Kier molecular flexibility index (Phi) is 6.42. The van der Waals surface area contributed by atoms with Gasteiger partial charge in [-0.15, -0.1) is 11.3 Å². The summed E-state index contributed by atoms with van der Waals surface area (Å²) in [6, 6.07) is 16.4. The van der Waals surface area contributed by atoms with E-state index in [1.54, 1.807) is 12.1 Å². The first kappa shape index (κ1) is 21.5. The van der Waals surface area contributed by atoms with Crippen LogP contribution in [0.2, 0.25) is 0 Å². The zero-order valence-electron chi connectivity index (χ0n) is 16.7. The minimum Gasteiger partial charge on any atom is -0.459 e. The second kappa shape index (κ2) is 9.57. The number of amides is 2. The highest BCUT2D eigenvalue weighted by molar-refractivity contribution is 7.09. The van der Waals surface area contributed by atoms with Gasteiger partial charge in [-0.05, 0) is 53.9 Å². The Bertz CT molecular complexity index is 1190. The van der Waals surface area contributed by atoms with Crippen LogP contribution in [0.5, 0.6) is 0 Å². The number of anilines is 1. The quantitative estimate of drug-likeness (QED) is 0.395. The van der Waals surface area contributed by atoms with E-state index in [1.807, 2.05) is 17.5 Å². The van der Waals surface area contributed by atoms with Gasteiger partial charge in [0.15, 0.2) is 5.76 Å². The van der Waals surface area contributed by atoms with Crippen molar-refractivity contribution < 1.29 is 22.8 Å². The van der Waals surface area contributed by atoms with Crippen molar-refractivity contribution >= 4 is 28.8 Å². The molecule has 32 heavy (non-hydrogen) atoms. The third-order valence-electron chi connectivity index (χ3n) is 4.77. The molecule has 0 unspecified atom stereocenters. The normalized spacial score (nSPS) is 11.7. The maximum atomic E-state index is 14.8. The lowest BCUT2D eigenvalue weighted by molar-refractivity contribution is -0.121. The number of carbonyl (C=O) groups is 2. The molecule has 0 radical (unpaired) electrons. The van der Waals surface area contributed by atoms with Gasteiger partial charge in [0.25, 0.3) is 11.8 Å². The third kappa shape index (κ3) is 4.76. The zero-order chi connectivity index (χ0) is 22.5. The molecule has 0 aliphatic heterocycles. The summed E-state index contributed by atoms with van der Waals surface area (Å²) in [5.41, 5.74) is 0.350. The van der Waals surface area contributed by atoms with Gasteiger partial charge in [0.05, 0.1) is 12.8 Å². The lowest BCUT2D eigenvalue weighted by Crippen LogP contribution is -2.41. The molecule has 2 aromatic carbocycles. The first-order valence-corrected chi connectivity index (χ1v) is 10.6. The molecule has 0 spiro atoms. The molecule has 162 valence electrons. The van der Waals surface area contributed by atoms with Crippen LogP contribution in [-0.2, 0) is 11.3 Å². The van der Waals surface area contributed by atoms with Crippen molar-refractivity contribution in [3.05, 3.63) is 112 Å². The molecule has 0 fully saturated rings. The van der Waals surface area contributed by atoms with Crippen LogP contribution in [0.15, 0.2) is 88.9 Å². The third-order valence-corrected chi connectivity index (χ3v) is 5.63. The molecule has 1 N–H and O–H groups in total. The van der Waals surface area contributed by atoms with Gasteiger partial charge < -0.3 is 14.6 Å². The Balaban J connectivity index is 1.77. The van der Waals surface area contributed by atoms with Gasteiger partial charge >= 0.3 is 0 Å². The van der Waals surface area contributed by atoms with Crippen molar-refractivity contribution in [1.82, 2.24) is 4.90 Å². The fraction of sp³-hybridized carbons (Fsp3) is 0.0833. The second-order valence-electron chi connectivity index (χ2n) is 6.91. The van der Waals surface area contributed by atoms with E-state index in [4.69, 9.17) is 4.42 Å². The van der Waals surface area contributed by atoms with E-state index in [0.29, 0.717) is 5.69 Å². The number of rotatable bonds is 7. The molecular weight excluding hydrogens is 434 g/mol. The molecule has 4 rings (SSSR count). The highest BCUT2D eigenvalue weighted by atomic mass is 32.1. The summed E-state index contributed by atoms with van der Waals surface area (Å²) in [5.74, 6) is -2.27. The molecule has 8 heteroatoms. The number of nitrogens with one attached hydrogen (secondary N) is 1. The van der Waals surface area contributed by atoms with Crippen LogP contribution in [0.4, 0.5) is 14.5 Å². The van der Waals surface area contributed by atoms with Crippen molar-refractivity contribution in [2.75, 3.05) is 5.32 Å². The van der Waals surface area contributed by atoms with Crippen LogP contribution in [0, 0.1) is 11.6 Å². The topological polar surface area (TPSA) is 62.6 Å². The van der Waals surface area contributed by atoms with Crippen molar-refractivity contribution in [3.63, 3.8) is 0 Å². The minimum absolute atomic E-state index is 0.0254. The summed E-state index contributed by atoms with van der Waals surface area (Å²) in [6.45, 7) is 0.0625. The van der Waals surface area contributed by atoms with Crippen molar-refractivity contribution in [2.24, 2.45) is 0 Å². The van der Waals surface area contributed by atoms with Gasteiger partial charge in [-0.25, -0.2) is 8.78 Å². The molecular formula is C24H18F2N2O3S. The molecule has 0 aliphatic carbocycles. The Morgan fingerprint density at radius 2 is 1.75 bits per heavy atom. The molecule has 0 bridgehead atoms. The van der Waals surface area contributed by atoms with Crippen LogP contribution in [0.25, 0.3) is 0 Å². The summed E-state index contributed by atoms with van der Waals surface area (Å²) in [4.78, 5) is 28.8. The molecule has 5 nitrogen and oxygen atoms in total. The van der Waals surface area contributed by atoms with Crippen molar-refractivity contribution in [2.45, 2.75) is 12.6 Å². The minimum atomic E-state index is -1.30. The number of carbonyl (C=O) groups excluding carboxylic acids is 2. The number of benzene rings is 2. The first-order chi connectivity index (χ1) is 15.5. The lowest BCUT2D eigenvalue weighted by atomic mass is 10.0. The van der Waals surface area contributed by atoms with E-state index < -0.39 is 29.5 Å². The maximum Gasteiger partial charge on any atom is 0.290 e. The van der Waals surface area contributed by atoms with Crippen LogP contribution >= 0.6 is 11.3 Å². The van der Waals surface area contributed by atoms with E-state index in [0.717, 1.165) is 4.88 Å². The molecule has 1 atom stereocenters. The molecule has 4 aromatic rings. The summed E-state index contributed by atoms with van der Waals surface area (Å²) >= 11 is 1.41. The first-order valence-electron chi connectivity index (χ1n) is 9.70. The van der Waals surface area contributed by atoms with Gasteiger partial charge in [-0.1, -0.05) is 24.3 Å². The standard InChI is InChI=1S/C24H18F2N2O3S/c25-16-9-11-17(12-10-16)27-23(29)22(19-6-1-2-7-20(19)26)28(15-18-5-4-14-32-18)24(30)21-8-3-13-31-21/h1-14,22H,15H2,(H,27,29)/t22-/m1/s1. The Morgan fingerprint density at radius 1 is 0.969 bits per heavy atom. The van der Waals surface area contributed by atoms with Crippen molar-refractivity contribution in [3.8, 4) is 0 Å². The molecule has 2 amide bonds. The van der Waals surface area contributed by atoms with E-state index in [9.17, 15) is 18.4 Å². The molecule has 2 heterocycles. The highest BCUT2D eigenvalue weighted by Gasteiger charge is 2.35. The number of furan rings is 1. The van der Waals surface area contributed by atoms with Gasteiger partial charge in [-0.2, -0.15) is 0 Å². The summed E-state index contributed by atoms with van der Waals surface area (Å²) < 4.78 is 33.4. The molecule has 0 aliphatic rings. The highest BCUT2D eigenvalue weighted by Crippen LogP contribution is 2.30. The van der Waals surface area contributed by atoms with Gasteiger partial charge in [0.1, 0.15) is 17.7 Å². The monoisotopic (exact) mass is 452 g/mol. The van der Waals surface area contributed by atoms with Gasteiger partial charge in [0.2, 0.25) is 0 Å². The number of hydrogen-bond acceptors (Lipinski definition) is 4. The van der Waals surface area contributed by atoms with E-state index in [1.165, 1.54) is 71.0 Å². The molecule has 2 aromatic heterocycles. The Hall–Kier alpha value is -3.78. The fourth-order valence-electron chi connectivity index (χ4n) is 3.28. The zero-order valence-corrected chi connectivity index (χ0v) is 17.5. The predicted molar refractivity (Wildman–Crippen MR) is 117 cm³/mol. The predicted octanol–water partition coefficient (Wildman–Crippen LogP) is 5.64. The molecule has 0 saturated carbocycles. The van der Waals surface area contributed by atoms with Gasteiger partial charge in [0, 0.05) is 16.1 Å². The average molecular weight is 452 g/mol. The number of nitrogens with zero attached hydrogens (tertiary/aromatic N) is 1. The van der Waals surface area contributed by atoms with Gasteiger partial charge in [-0.3, -0.25) is 9.59 Å².